The molecule has 0 heterocycles. The van der Waals surface area contributed by atoms with Crippen LogP contribution in [0.15, 0.2) is 24.3 Å². The largest absolute Gasteiger partial charge is 0.407 e. The molecule has 0 spiro atoms. The molecule has 1 saturated carbocycles. The Kier molecular flexibility index (Phi) is 10.3. The molecule has 0 amide bonds. The van der Waals surface area contributed by atoms with E-state index in [1.54, 1.807) is 6.92 Å². The predicted molar refractivity (Wildman–Crippen MR) is 122 cm³/mol. The van der Waals surface area contributed by atoms with Crippen LogP contribution < -0.4 is 5.32 Å². The third-order valence-electron chi connectivity index (χ3n) is 6.25. The van der Waals surface area contributed by atoms with Crippen LogP contribution in [0, 0.1) is 23.6 Å². The summed E-state index contributed by atoms with van der Waals surface area (Å²) in [6.45, 7) is 4.59. The Labute approximate surface area is 207 Å². The molecule has 0 saturated heterocycles. The minimum absolute atomic E-state index is 0.0539. The van der Waals surface area contributed by atoms with Crippen molar-refractivity contribution in [2.75, 3.05) is 0 Å². The number of rotatable bonds is 15. The average molecular weight is 522 g/mol. The van der Waals surface area contributed by atoms with Crippen LogP contribution >= 0.6 is 0 Å². The van der Waals surface area contributed by atoms with Crippen molar-refractivity contribution in [3.63, 3.8) is 0 Å². The lowest BCUT2D eigenvalue weighted by Crippen LogP contribution is -2.48. The number of alkyl halides is 5. The van der Waals surface area contributed by atoms with Gasteiger partial charge in [0.2, 0.25) is 11.7 Å². The van der Waals surface area contributed by atoms with Gasteiger partial charge >= 0.3 is 6.18 Å². The van der Waals surface area contributed by atoms with E-state index in [0.29, 0.717) is 0 Å². The van der Waals surface area contributed by atoms with Gasteiger partial charge in [0.25, 0.3) is 0 Å². The fourth-order valence-electron chi connectivity index (χ4n) is 4.20. The van der Waals surface area contributed by atoms with Crippen LogP contribution in [0.4, 0.5) is 26.3 Å². The second-order valence-electron chi connectivity index (χ2n) is 10.1. The topological polar surface area (TPSA) is 63.2 Å². The van der Waals surface area contributed by atoms with Crippen molar-refractivity contribution in [3.8, 4) is 0 Å². The molecule has 4 nitrogen and oxygen atoms in total. The minimum atomic E-state index is -4.98. The normalized spacial score (nSPS) is 17.1. The lowest BCUT2D eigenvalue weighted by Gasteiger charge is -2.30. The monoisotopic (exact) mass is 521 g/mol. The standard InChI is InChI=1S/C26H33F6NO3/c1-4-17(23(36)22(35)11-16-5-6-16)12-21(34)20(14-25(28,29)13-15(2)3)33-24(26(30,31)32)18-7-9-19(27)10-8-18/h7-10,15-17,20,24,33H,4-6,11-14H2,1-3H3/t17-,20+,24+/m1/s1. The SMILES string of the molecule is CC[C@H](CC(=O)[C@H](CC(F)(F)CC(C)C)N[C@@H](c1ccc(F)cc1)C(F)(F)F)C(=O)C(=O)CC1CC1. The summed E-state index contributed by atoms with van der Waals surface area (Å²) in [5, 5.41) is 2.03. The minimum Gasteiger partial charge on any atom is -0.298 e. The first kappa shape index (κ1) is 30.0. The van der Waals surface area contributed by atoms with Crippen molar-refractivity contribution in [1.29, 1.82) is 0 Å². The molecule has 0 unspecified atom stereocenters. The molecule has 202 valence electrons. The molecule has 36 heavy (non-hydrogen) atoms. The van der Waals surface area contributed by atoms with Gasteiger partial charge < -0.3 is 0 Å². The van der Waals surface area contributed by atoms with Crippen molar-refractivity contribution >= 4 is 17.3 Å². The zero-order chi connectivity index (χ0) is 27.3. The van der Waals surface area contributed by atoms with Crippen LogP contribution in [0.5, 0.6) is 0 Å². The second kappa shape index (κ2) is 12.3. The van der Waals surface area contributed by atoms with Crippen molar-refractivity contribution in [2.24, 2.45) is 17.8 Å². The number of halogens is 6. The lowest BCUT2D eigenvalue weighted by molar-refractivity contribution is -0.163. The Bertz CT molecular complexity index is 909. The Morgan fingerprint density at radius 3 is 2.06 bits per heavy atom. The van der Waals surface area contributed by atoms with Gasteiger partial charge in [0.05, 0.1) is 6.04 Å². The molecule has 0 aromatic heterocycles. The summed E-state index contributed by atoms with van der Waals surface area (Å²) in [6.07, 6.45) is -5.70. The third-order valence-corrected chi connectivity index (χ3v) is 6.25. The third kappa shape index (κ3) is 9.33. The number of ketones is 3. The van der Waals surface area contributed by atoms with Crippen LogP contribution in [0.2, 0.25) is 0 Å². The van der Waals surface area contributed by atoms with E-state index in [1.165, 1.54) is 13.8 Å². The van der Waals surface area contributed by atoms with E-state index in [4.69, 9.17) is 0 Å². The Hall–Kier alpha value is -2.23. The number of hydrogen-bond donors (Lipinski definition) is 1. The van der Waals surface area contributed by atoms with E-state index in [1.807, 2.05) is 5.32 Å². The quantitative estimate of drug-likeness (QED) is 0.215. The number of benzene rings is 1. The smallest absolute Gasteiger partial charge is 0.298 e. The molecule has 3 atom stereocenters. The van der Waals surface area contributed by atoms with Gasteiger partial charge in [-0.3, -0.25) is 19.7 Å². The number of hydrogen-bond acceptors (Lipinski definition) is 4. The Morgan fingerprint density at radius 2 is 1.58 bits per heavy atom. The molecule has 10 heteroatoms. The van der Waals surface area contributed by atoms with Crippen molar-refractivity contribution in [2.45, 2.75) is 89.9 Å². The molecule has 2 rings (SSSR count). The van der Waals surface area contributed by atoms with E-state index in [0.717, 1.165) is 37.1 Å². The number of carbonyl (C=O) groups excluding carboxylic acids is 3. The highest BCUT2D eigenvalue weighted by molar-refractivity contribution is 6.38. The summed E-state index contributed by atoms with van der Waals surface area (Å²) in [5.74, 6) is -8.15. The molecule has 1 aliphatic carbocycles. The fourth-order valence-corrected chi connectivity index (χ4v) is 4.20. The van der Waals surface area contributed by atoms with Gasteiger partial charge in [0.15, 0.2) is 11.6 Å². The molecule has 1 fully saturated rings. The Balaban J connectivity index is 2.30. The van der Waals surface area contributed by atoms with E-state index in [2.05, 4.69) is 0 Å². The van der Waals surface area contributed by atoms with Crippen LogP contribution in [0.1, 0.15) is 77.3 Å². The number of nitrogens with one attached hydrogen (secondary N) is 1. The van der Waals surface area contributed by atoms with Crippen LogP contribution in [-0.4, -0.2) is 35.5 Å². The highest BCUT2D eigenvalue weighted by Crippen LogP contribution is 2.36. The molecule has 1 N–H and O–H groups in total. The maximum Gasteiger partial charge on any atom is 0.407 e. The average Bonchev–Trinajstić information content (AvgIpc) is 3.57. The van der Waals surface area contributed by atoms with Crippen LogP contribution in [-0.2, 0) is 14.4 Å². The van der Waals surface area contributed by atoms with Gasteiger partial charge in [-0.05, 0) is 48.8 Å². The van der Waals surface area contributed by atoms with Crippen molar-refractivity contribution in [1.82, 2.24) is 5.32 Å². The van der Waals surface area contributed by atoms with E-state index in [-0.39, 0.29) is 18.8 Å². The van der Waals surface area contributed by atoms with Gasteiger partial charge in [0.1, 0.15) is 11.9 Å². The van der Waals surface area contributed by atoms with E-state index >= 15 is 0 Å². The van der Waals surface area contributed by atoms with Gasteiger partial charge in [-0.15, -0.1) is 0 Å². The highest BCUT2D eigenvalue weighted by atomic mass is 19.4. The van der Waals surface area contributed by atoms with Gasteiger partial charge in [-0.1, -0.05) is 32.9 Å². The van der Waals surface area contributed by atoms with E-state index < -0.39 is 84.0 Å². The van der Waals surface area contributed by atoms with Crippen molar-refractivity contribution in [3.05, 3.63) is 35.6 Å². The van der Waals surface area contributed by atoms with E-state index in [9.17, 15) is 40.7 Å². The molecule has 1 aliphatic rings. The second-order valence-corrected chi connectivity index (χ2v) is 10.1. The predicted octanol–water partition coefficient (Wildman–Crippen LogP) is 6.38. The highest BCUT2D eigenvalue weighted by Gasteiger charge is 2.45. The van der Waals surface area contributed by atoms with Gasteiger partial charge in [-0.25, -0.2) is 13.2 Å². The Morgan fingerprint density at radius 1 is 1.00 bits per heavy atom. The molecule has 0 radical (unpaired) electrons. The maximum atomic E-state index is 14.7. The summed E-state index contributed by atoms with van der Waals surface area (Å²) in [6, 6.07) is -1.13. The summed E-state index contributed by atoms with van der Waals surface area (Å²) < 4.78 is 84.4. The number of Topliss-reactive ketones (excluding diaryl/α,β-unsaturated/α-hetero) is 3. The van der Waals surface area contributed by atoms with Gasteiger partial charge in [-0.2, -0.15) is 13.2 Å². The molecular formula is C26H33F6NO3. The number of carbonyl (C=O) groups is 3. The molecule has 1 aromatic carbocycles. The summed E-state index contributed by atoms with van der Waals surface area (Å²) in [5.41, 5.74) is -0.448. The first-order chi connectivity index (χ1) is 16.6. The summed E-state index contributed by atoms with van der Waals surface area (Å²) >= 11 is 0. The molecule has 0 bridgehead atoms. The van der Waals surface area contributed by atoms with Crippen LogP contribution in [0.3, 0.4) is 0 Å². The molecule has 0 aliphatic heterocycles. The fraction of sp³-hybridized carbons (Fsp3) is 0.654. The first-order valence-electron chi connectivity index (χ1n) is 12.2. The van der Waals surface area contributed by atoms with Gasteiger partial charge in [0, 0.05) is 31.6 Å². The van der Waals surface area contributed by atoms with Crippen LogP contribution in [0.25, 0.3) is 0 Å². The lowest BCUT2D eigenvalue weighted by atomic mass is 9.87. The first-order valence-corrected chi connectivity index (χ1v) is 12.2. The van der Waals surface area contributed by atoms with Crippen molar-refractivity contribution < 1.29 is 40.7 Å². The zero-order valence-electron chi connectivity index (χ0n) is 20.6. The molecular weight excluding hydrogens is 488 g/mol. The summed E-state index contributed by atoms with van der Waals surface area (Å²) in [4.78, 5) is 37.9. The maximum absolute atomic E-state index is 14.7. The summed E-state index contributed by atoms with van der Waals surface area (Å²) in [7, 11) is 0. The zero-order valence-corrected chi connectivity index (χ0v) is 20.6. The molecule has 1 aromatic rings.